The van der Waals surface area contributed by atoms with E-state index in [1.54, 1.807) is 6.07 Å². The van der Waals surface area contributed by atoms with Crippen LogP contribution in [0.3, 0.4) is 0 Å². The quantitative estimate of drug-likeness (QED) is 0.844. The van der Waals surface area contributed by atoms with Gasteiger partial charge in [0.05, 0.1) is 17.7 Å². The van der Waals surface area contributed by atoms with Crippen molar-refractivity contribution in [3.05, 3.63) is 59.7 Å². The molecule has 2 aromatic rings. The van der Waals surface area contributed by atoms with Gasteiger partial charge in [-0.15, -0.1) is 0 Å². The number of carboxylic acids is 1. The number of aryl methyl sites for hydroxylation is 1. The Hall–Kier alpha value is -3.15. The van der Waals surface area contributed by atoms with E-state index in [2.05, 4.69) is 5.32 Å². The van der Waals surface area contributed by atoms with Gasteiger partial charge in [-0.05, 0) is 36.8 Å². The van der Waals surface area contributed by atoms with Crippen LogP contribution in [0.1, 0.15) is 22.3 Å². The van der Waals surface area contributed by atoms with Crippen LogP contribution in [0, 0.1) is 6.92 Å². The first-order valence-corrected chi connectivity index (χ1v) is 7.49. The maximum atomic E-state index is 12.6. The van der Waals surface area contributed by atoms with E-state index in [0.29, 0.717) is 0 Å². The van der Waals surface area contributed by atoms with E-state index in [9.17, 15) is 14.4 Å². The van der Waals surface area contributed by atoms with E-state index in [4.69, 9.17) is 5.11 Å². The van der Waals surface area contributed by atoms with E-state index < -0.39 is 12.0 Å². The van der Waals surface area contributed by atoms with E-state index in [1.165, 1.54) is 18.2 Å². The molecule has 0 aromatic heterocycles. The van der Waals surface area contributed by atoms with Crippen LogP contribution in [-0.2, 0) is 9.59 Å². The monoisotopic (exact) mass is 324 g/mol. The van der Waals surface area contributed by atoms with Crippen LogP contribution in [0.4, 0.5) is 11.4 Å². The molecule has 1 fully saturated rings. The molecule has 1 aliphatic heterocycles. The first-order valence-electron chi connectivity index (χ1n) is 7.49. The number of nitrogens with zero attached hydrogens (tertiary/aromatic N) is 1. The molecule has 0 saturated carbocycles. The molecule has 1 saturated heterocycles. The Labute approximate surface area is 138 Å². The van der Waals surface area contributed by atoms with Gasteiger partial charge in [0.25, 0.3) is 5.91 Å². The number of para-hydroxylation sites is 1. The number of carboxylic acid groups (broad SMARTS) is 1. The summed E-state index contributed by atoms with van der Waals surface area (Å²) in [5.74, 6) is -1.84. The Morgan fingerprint density at radius 3 is 2.62 bits per heavy atom. The number of benzene rings is 2. The third-order valence-corrected chi connectivity index (χ3v) is 3.97. The average Bonchev–Trinajstić information content (AvgIpc) is 2.83. The largest absolute Gasteiger partial charge is 0.478 e. The van der Waals surface area contributed by atoms with Crippen molar-refractivity contribution in [1.29, 1.82) is 0 Å². The molecular weight excluding hydrogens is 308 g/mol. The molecule has 24 heavy (non-hydrogen) atoms. The van der Waals surface area contributed by atoms with Crippen LogP contribution < -0.4 is 10.2 Å². The number of carbonyl (C=O) groups is 3. The minimum atomic E-state index is -1.11. The summed E-state index contributed by atoms with van der Waals surface area (Å²) in [6.45, 7) is 1.91. The maximum Gasteiger partial charge on any atom is 0.335 e. The fraction of sp³-hybridized carbons (Fsp3) is 0.167. The molecule has 0 unspecified atom stereocenters. The molecule has 0 bridgehead atoms. The Morgan fingerprint density at radius 2 is 1.92 bits per heavy atom. The fourth-order valence-corrected chi connectivity index (χ4v) is 2.72. The molecule has 2 aromatic carbocycles. The first-order chi connectivity index (χ1) is 11.5. The van der Waals surface area contributed by atoms with Gasteiger partial charge >= 0.3 is 5.97 Å². The van der Waals surface area contributed by atoms with Gasteiger partial charge in [-0.3, -0.25) is 9.59 Å². The average molecular weight is 324 g/mol. The normalized spacial score (nSPS) is 17.2. The van der Waals surface area contributed by atoms with Crippen molar-refractivity contribution in [3.63, 3.8) is 0 Å². The first kappa shape index (κ1) is 15.7. The summed E-state index contributed by atoms with van der Waals surface area (Å²) in [4.78, 5) is 37.0. The summed E-state index contributed by atoms with van der Waals surface area (Å²) < 4.78 is 0. The van der Waals surface area contributed by atoms with Gasteiger partial charge in [0, 0.05) is 5.69 Å². The lowest BCUT2D eigenvalue weighted by Crippen LogP contribution is -2.35. The van der Waals surface area contributed by atoms with Gasteiger partial charge in [-0.2, -0.15) is 0 Å². The molecule has 1 aliphatic rings. The molecule has 6 heteroatoms. The summed E-state index contributed by atoms with van der Waals surface area (Å²) in [5, 5.41) is 12.2. The van der Waals surface area contributed by atoms with Gasteiger partial charge in [0.2, 0.25) is 5.91 Å². The number of amides is 2. The lowest BCUT2D eigenvalue weighted by molar-refractivity contribution is -0.121. The van der Waals surface area contributed by atoms with E-state index in [0.717, 1.165) is 16.2 Å². The molecule has 0 spiro atoms. The van der Waals surface area contributed by atoms with Crippen LogP contribution in [0.15, 0.2) is 48.5 Å². The van der Waals surface area contributed by atoms with Crippen molar-refractivity contribution in [2.45, 2.75) is 19.4 Å². The summed E-state index contributed by atoms with van der Waals surface area (Å²) >= 11 is 0. The summed E-state index contributed by atoms with van der Waals surface area (Å²) in [6.07, 6.45) is 0.0322. The highest BCUT2D eigenvalue weighted by Crippen LogP contribution is 2.26. The van der Waals surface area contributed by atoms with Crippen molar-refractivity contribution in [2.75, 3.05) is 10.2 Å². The zero-order valence-corrected chi connectivity index (χ0v) is 13.0. The second kappa shape index (κ2) is 6.16. The van der Waals surface area contributed by atoms with E-state index >= 15 is 0 Å². The molecular formula is C18H16N2O4. The highest BCUT2D eigenvalue weighted by molar-refractivity contribution is 6.23. The lowest BCUT2D eigenvalue weighted by Gasteiger charge is -2.17. The van der Waals surface area contributed by atoms with Gasteiger partial charge < -0.3 is 10.4 Å². The molecule has 0 radical (unpaired) electrons. The van der Waals surface area contributed by atoms with Crippen LogP contribution in [0.25, 0.3) is 0 Å². The highest BCUT2D eigenvalue weighted by atomic mass is 16.4. The summed E-state index contributed by atoms with van der Waals surface area (Å²) in [7, 11) is 0. The standard InChI is InChI=1S/C18H16N2O4/c1-11-5-2-3-8-14(11)19-15-10-16(21)20(17(15)22)13-7-4-6-12(9-13)18(23)24/h2-9,15,19H,10H2,1H3,(H,23,24)/t15-/m1/s1. The SMILES string of the molecule is Cc1ccccc1N[C@@H]1CC(=O)N(c2cccc(C(=O)O)c2)C1=O. The Kier molecular flexibility index (Phi) is 4.04. The topological polar surface area (TPSA) is 86.7 Å². The predicted octanol–water partition coefficient (Wildman–Crippen LogP) is 2.44. The number of anilines is 2. The second-order valence-electron chi connectivity index (χ2n) is 5.64. The Bertz CT molecular complexity index is 831. The van der Waals surface area contributed by atoms with E-state index in [1.807, 2.05) is 31.2 Å². The molecule has 122 valence electrons. The molecule has 2 N–H and O–H groups in total. The molecule has 0 aliphatic carbocycles. The third-order valence-electron chi connectivity index (χ3n) is 3.97. The van der Waals surface area contributed by atoms with Crippen LogP contribution in [-0.4, -0.2) is 28.9 Å². The molecule has 1 atom stereocenters. The van der Waals surface area contributed by atoms with Crippen molar-refractivity contribution >= 4 is 29.2 Å². The van der Waals surface area contributed by atoms with Crippen molar-refractivity contribution in [1.82, 2.24) is 0 Å². The molecule has 1 heterocycles. The number of carbonyl (C=O) groups excluding carboxylic acids is 2. The number of imide groups is 1. The van der Waals surface area contributed by atoms with E-state index in [-0.39, 0.29) is 29.5 Å². The highest BCUT2D eigenvalue weighted by Gasteiger charge is 2.39. The molecule has 3 rings (SSSR count). The number of hydrogen-bond acceptors (Lipinski definition) is 4. The third kappa shape index (κ3) is 2.86. The number of aromatic carboxylic acids is 1. The van der Waals surface area contributed by atoms with Crippen molar-refractivity contribution < 1.29 is 19.5 Å². The zero-order chi connectivity index (χ0) is 17.3. The number of rotatable bonds is 4. The number of nitrogens with one attached hydrogen (secondary N) is 1. The smallest absolute Gasteiger partial charge is 0.335 e. The minimum Gasteiger partial charge on any atom is -0.478 e. The van der Waals surface area contributed by atoms with Crippen molar-refractivity contribution in [3.8, 4) is 0 Å². The summed E-state index contributed by atoms with van der Waals surface area (Å²) in [5.41, 5.74) is 2.08. The maximum absolute atomic E-state index is 12.6. The minimum absolute atomic E-state index is 0.0309. The Balaban J connectivity index is 1.86. The number of hydrogen-bond donors (Lipinski definition) is 2. The lowest BCUT2D eigenvalue weighted by atomic mass is 10.1. The van der Waals surface area contributed by atoms with Crippen LogP contribution in [0.2, 0.25) is 0 Å². The molecule has 6 nitrogen and oxygen atoms in total. The van der Waals surface area contributed by atoms with Gasteiger partial charge in [-0.25, -0.2) is 9.69 Å². The zero-order valence-electron chi connectivity index (χ0n) is 13.0. The predicted molar refractivity (Wildman–Crippen MR) is 89.1 cm³/mol. The van der Waals surface area contributed by atoms with Crippen molar-refractivity contribution in [2.24, 2.45) is 0 Å². The van der Waals surface area contributed by atoms with Gasteiger partial charge in [-0.1, -0.05) is 24.3 Å². The second-order valence-corrected chi connectivity index (χ2v) is 5.64. The Morgan fingerprint density at radius 1 is 1.17 bits per heavy atom. The van der Waals surface area contributed by atoms with Gasteiger partial charge in [0.1, 0.15) is 6.04 Å². The summed E-state index contributed by atoms with van der Waals surface area (Å²) in [6, 6.07) is 12.7. The molecule has 2 amide bonds. The van der Waals surface area contributed by atoms with Crippen LogP contribution in [0.5, 0.6) is 0 Å². The van der Waals surface area contributed by atoms with Gasteiger partial charge in [0.15, 0.2) is 0 Å². The fourth-order valence-electron chi connectivity index (χ4n) is 2.72. The van der Waals surface area contributed by atoms with Crippen LogP contribution >= 0.6 is 0 Å².